The van der Waals surface area contributed by atoms with Crippen molar-refractivity contribution in [3.05, 3.63) is 72.3 Å². The van der Waals surface area contributed by atoms with Gasteiger partial charge >= 0.3 is 0 Å². The van der Waals surface area contributed by atoms with Crippen LogP contribution in [0.2, 0.25) is 0 Å². The molecule has 5 rings (SSSR count). The third kappa shape index (κ3) is 5.06. The normalized spacial score (nSPS) is 14.1. The highest BCUT2D eigenvalue weighted by molar-refractivity contribution is 5.94. The maximum Gasteiger partial charge on any atom is 0.262 e. The molecule has 4 aromatic rings. The Hall–Kier alpha value is -3.80. The summed E-state index contributed by atoms with van der Waals surface area (Å²) in [5.74, 6) is 2.41. The minimum absolute atomic E-state index is 0.0588. The molecule has 34 heavy (non-hydrogen) atoms. The average molecular weight is 457 g/mol. The molecule has 1 N–H and O–H groups in total. The topological polar surface area (TPSA) is 73.6 Å². The number of nitrogens with zero attached hydrogens (tertiary/aromatic N) is 1. The van der Waals surface area contributed by atoms with E-state index in [-0.39, 0.29) is 12.5 Å². The Morgan fingerprint density at radius 1 is 0.971 bits per heavy atom. The predicted octanol–water partition coefficient (Wildman–Crippen LogP) is 6.57. The zero-order chi connectivity index (χ0) is 23.3. The Morgan fingerprint density at radius 2 is 1.71 bits per heavy atom. The molecule has 1 heterocycles. The molecule has 0 aliphatic heterocycles. The second-order valence-corrected chi connectivity index (χ2v) is 8.67. The predicted molar refractivity (Wildman–Crippen MR) is 132 cm³/mol. The number of oxazole rings is 1. The van der Waals surface area contributed by atoms with Gasteiger partial charge in [-0.2, -0.15) is 0 Å². The van der Waals surface area contributed by atoms with E-state index in [4.69, 9.17) is 13.9 Å². The molecule has 3 aromatic carbocycles. The number of carbonyl (C=O) groups is 1. The van der Waals surface area contributed by atoms with Gasteiger partial charge in [-0.3, -0.25) is 4.79 Å². The van der Waals surface area contributed by atoms with Crippen molar-refractivity contribution in [2.24, 2.45) is 0 Å². The average Bonchev–Trinajstić information content (AvgIpc) is 3.32. The Balaban J connectivity index is 1.18. The summed E-state index contributed by atoms with van der Waals surface area (Å²) in [6.07, 6.45) is 6.50. The van der Waals surface area contributed by atoms with Gasteiger partial charge in [-0.1, -0.05) is 31.4 Å². The van der Waals surface area contributed by atoms with Gasteiger partial charge in [0.15, 0.2) is 12.2 Å². The number of anilines is 1. The lowest BCUT2D eigenvalue weighted by atomic mass is 9.84. The first-order valence-electron chi connectivity index (χ1n) is 11.8. The highest BCUT2D eigenvalue weighted by atomic mass is 16.5. The Bertz CT molecular complexity index is 1260. The van der Waals surface area contributed by atoms with Crippen LogP contribution in [0.25, 0.3) is 22.6 Å². The van der Waals surface area contributed by atoms with Crippen molar-refractivity contribution in [2.75, 3.05) is 19.0 Å². The summed E-state index contributed by atoms with van der Waals surface area (Å²) in [5.41, 5.74) is 4.18. The number of amides is 1. The van der Waals surface area contributed by atoms with Crippen molar-refractivity contribution in [2.45, 2.75) is 38.0 Å². The molecule has 1 saturated carbocycles. The standard InChI is InChI=1S/C28H28N2O4/c1-32-23-12-9-21(10-13-23)28-30-25-17-22(11-16-26(25)34-28)29-27(31)18-33-24-14-7-20(8-15-24)19-5-3-2-4-6-19/h7-17,19H,2-6,18H2,1H3,(H,29,31). The highest BCUT2D eigenvalue weighted by Gasteiger charge is 2.15. The van der Waals surface area contributed by atoms with E-state index in [1.165, 1.54) is 37.7 Å². The van der Waals surface area contributed by atoms with Crippen LogP contribution in [0.4, 0.5) is 5.69 Å². The number of hydrogen-bond donors (Lipinski definition) is 1. The molecular formula is C28H28N2O4. The molecule has 1 fully saturated rings. The quantitative estimate of drug-likeness (QED) is 0.340. The molecule has 0 unspecified atom stereocenters. The molecule has 0 bridgehead atoms. The highest BCUT2D eigenvalue weighted by Crippen LogP contribution is 2.33. The minimum Gasteiger partial charge on any atom is -0.497 e. The molecule has 1 aliphatic carbocycles. The number of carbonyl (C=O) groups excluding carboxylic acids is 1. The van der Waals surface area contributed by atoms with Crippen LogP contribution in [-0.4, -0.2) is 24.6 Å². The van der Waals surface area contributed by atoms with Gasteiger partial charge in [-0.15, -0.1) is 0 Å². The van der Waals surface area contributed by atoms with Crippen LogP contribution in [0.3, 0.4) is 0 Å². The molecule has 1 aromatic heterocycles. The van der Waals surface area contributed by atoms with Crippen LogP contribution in [0.5, 0.6) is 11.5 Å². The maximum absolute atomic E-state index is 12.4. The van der Waals surface area contributed by atoms with E-state index in [9.17, 15) is 4.79 Å². The Morgan fingerprint density at radius 3 is 2.44 bits per heavy atom. The van der Waals surface area contributed by atoms with Crippen molar-refractivity contribution >= 4 is 22.7 Å². The summed E-state index contributed by atoms with van der Waals surface area (Å²) < 4.78 is 16.7. The van der Waals surface area contributed by atoms with E-state index < -0.39 is 0 Å². The van der Waals surface area contributed by atoms with Gasteiger partial charge in [0.25, 0.3) is 5.91 Å². The van der Waals surface area contributed by atoms with Crippen LogP contribution < -0.4 is 14.8 Å². The lowest BCUT2D eigenvalue weighted by Crippen LogP contribution is -2.20. The van der Waals surface area contributed by atoms with Gasteiger partial charge in [-0.05, 0) is 78.9 Å². The fourth-order valence-electron chi connectivity index (χ4n) is 4.48. The van der Waals surface area contributed by atoms with Crippen molar-refractivity contribution in [3.63, 3.8) is 0 Å². The van der Waals surface area contributed by atoms with Gasteiger partial charge < -0.3 is 19.2 Å². The van der Waals surface area contributed by atoms with E-state index in [0.717, 1.165) is 11.3 Å². The molecule has 6 nitrogen and oxygen atoms in total. The van der Waals surface area contributed by atoms with Gasteiger partial charge in [-0.25, -0.2) is 4.98 Å². The van der Waals surface area contributed by atoms with E-state index in [0.29, 0.717) is 34.3 Å². The number of fused-ring (bicyclic) bond motifs is 1. The zero-order valence-corrected chi connectivity index (χ0v) is 19.3. The molecular weight excluding hydrogens is 428 g/mol. The van der Waals surface area contributed by atoms with Crippen LogP contribution in [0.15, 0.2) is 71.1 Å². The minimum atomic E-state index is -0.227. The third-order valence-electron chi connectivity index (χ3n) is 6.33. The van der Waals surface area contributed by atoms with Crippen LogP contribution >= 0.6 is 0 Å². The second kappa shape index (κ2) is 10.00. The molecule has 0 saturated heterocycles. The molecule has 6 heteroatoms. The number of rotatable bonds is 7. The molecule has 1 aliphatic rings. The van der Waals surface area contributed by atoms with Crippen molar-refractivity contribution in [3.8, 4) is 23.0 Å². The number of aromatic nitrogens is 1. The van der Waals surface area contributed by atoms with Gasteiger partial charge in [0.2, 0.25) is 5.89 Å². The fourth-order valence-corrected chi connectivity index (χ4v) is 4.48. The van der Waals surface area contributed by atoms with Crippen LogP contribution in [0, 0.1) is 0 Å². The lowest BCUT2D eigenvalue weighted by Gasteiger charge is -2.22. The van der Waals surface area contributed by atoms with Gasteiger partial charge in [0, 0.05) is 11.3 Å². The fraction of sp³-hybridized carbons (Fsp3) is 0.286. The first-order valence-corrected chi connectivity index (χ1v) is 11.8. The Labute approximate surface area is 198 Å². The van der Waals surface area contributed by atoms with E-state index in [1.54, 1.807) is 25.3 Å². The van der Waals surface area contributed by atoms with E-state index in [1.807, 2.05) is 36.4 Å². The summed E-state index contributed by atoms with van der Waals surface area (Å²) in [6.45, 7) is -0.0588. The molecule has 1 amide bonds. The summed E-state index contributed by atoms with van der Waals surface area (Å²) in [4.78, 5) is 17.0. The SMILES string of the molecule is COc1ccc(-c2nc3cc(NC(=O)COc4ccc(C5CCCCC5)cc4)ccc3o2)cc1. The van der Waals surface area contributed by atoms with Crippen molar-refractivity contribution in [1.29, 1.82) is 0 Å². The number of methoxy groups -OCH3 is 1. The second-order valence-electron chi connectivity index (χ2n) is 8.67. The number of benzene rings is 3. The first kappa shape index (κ1) is 22.0. The number of ether oxygens (including phenoxy) is 2. The van der Waals surface area contributed by atoms with Crippen molar-refractivity contribution < 1.29 is 18.7 Å². The Kier molecular flexibility index (Phi) is 6.47. The number of nitrogens with one attached hydrogen (secondary N) is 1. The summed E-state index contributed by atoms with van der Waals surface area (Å²) in [7, 11) is 1.63. The largest absolute Gasteiger partial charge is 0.497 e. The zero-order valence-electron chi connectivity index (χ0n) is 19.3. The third-order valence-corrected chi connectivity index (χ3v) is 6.33. The number of hydrogen-bond acceptors (Lipinski definition) is 5. The first-order chi connectivity index (χ1) is 16.7. The summed E-state index contributed by atoms with van der Waals surface area (Å²) in [5, 5.41) is 2.87. The monoisotopic (exact) mass is 456 g/mol. The van der Waals surface area contributed by atoms with Gasteiger partial charge in [0.1, 0.15) is 17.0 Å². The van der Waals surface area contributed by atoms with Crippen LogP contribution in [0.1, 0.15) is 43.6 Å². The van der Waals surface area contributed by atoms with Crippen LogP contribution in [-0.2, 0) is 4.79 Å². The molecule has 0 spiro atoms. The van der Waals surface area contributed by atoms with Gasteiger partial charge in [0.05, 0.1) is 7.11 Å². The summed E-state index contributed by atoms with van der Waals surface area (Å²) in [6, 6.07) is 21.1. The van der Waals surface area contributed by atoms with E-state index in [2.05, 4.69) is 22.4 Å². The molecule has 0 atom stereocenters. The molecule has 0 radical (unpaired) electrons. The summed E-state index contributed by atoms with van der Waals surface area (Å²) >= 11 is 0. The van der Waals surface area contributed by atoms with E-state index >= 15 is 0 Å². The smallest absolute Gasteiger partial charge is 0.262 e. The lowest BCUT2D eigenvalue weighted by molar-refractivity contribution is -0.118. The van der Waals surface area contributed by atoms with Crippen molar-refractivity contribution in [1.82, 2.24) is 4.98 Å². The maximum atomic E-state index is 12.4. The molecule has 174 valence electrons.